The molecule has 1 fully saturated rings. The lowest BCUT2D eigenvalue weighted by Gasteiger charge is -2.36. The lowest BCUT2D eigenvalue weighted by Crippen LogP contribution is -3.19. The third kappa shape index (κ3) is 4.71. The summed E-state index contributed by atoms with van der Waals surface area (Å²) in [5.74, 6) is 0.107. The number of nitrogens with zero attached hydrogens (tertiary/aromatic N) is 1. The van der Waals surface area contributed by atoms with E-state index in [-0.39, 0.29) is 18.0 Å². The van der Waals surface area contributed by atoms with Gasteiger partial charge in [-0.1, -0.05) is 78.9 Å². The van der Waals surface area contributed by atoms with Crippen molar-refractivity contribution >= 4 is 11.6 Å². The fourth-order valence-electron chi connectivity index (χ4n) is 4.23. The first-order valence-electron chi connectivity index (χ1n) is 10.8. The molecule has 1 aliphatic heterocycles. The zero-order valence-electron chi connectivity index (χ0n) is 17.5. The quantitative estimate of drug-likeness (QED) is 0.668. The molecule has 1 aliphatic rings. The number of carbonyl (C=O) groups is 1. The summed E-state index contributed by atoms with van der Waals surface area (Å²) in [5, 5.41) is 3.32. The maximum absolute atomic E-state index is 13.2. The number of hydrogen-bond donors (Lipinski definition) is 2. The Morgan fingerprint density at radius 2 is 1.27 bits per heavy atom. The van der Waals surface area contributed by atoms with Gasteiger partial charge < -0.3 is 15.1 Å². The maximum atomic E-state index is 13.2. The lowest BCUT2D eigenvalue weighted by molar-refractivity contribution is -0.914. The van der Waals surface area contributed by atoms with Crippen molar-refractivity contribution in [3.63, 3.8) is 0 Å². The molecule has 1 atom stereocenters. The molecular formula is C26H30N3O+. The number of piperazine rings is 1. The van der Waals surface area contributed by atoms with Gasteiger partial charge in [-0.05, 0) is 30.2 Å². The Balaban J connectivity index is 1.42. The Bertz CT molecular complexity index is 883. The number of hydrogen-bond acceptors (Lipinski definition) is 2. The van der Waals surface area contributed by atoms with Crippen molar-refractivity contribution in [1.29, 1.82) is 0 Å². The number of nitrogens with one attached hydrogen (secondary N) is 2. The fourth-order valence-corrected chi connectivity index (χ4v) is 4.23. The predicted molar refractivity (Wildman–Crippen MR) is 122 cm³/mol. The molecule has 1 saturated heterocycles. The molecule has 4 heteroatoms. The zero-order chi connectivity index (χ0) is 20.8. The molecule has 3 aromatic rings. The van der Waals surface area contributed by atoms with Crippen LogP contribution in [0.15, 0.2) is 91.0 Å². The number of carbonyl (C=O) groups excluding carboxylic acids is 1. The minimum Gasteiger partial charge on any atom is -0.360 e. The summed E-state index contributed by atoms with van der Waals surface area (Å²) in [6, 6.07) is 30.7. The van der Waals surface area contributed by atoms with Crippen LogP contribution >= 0.6 is 0 Å². The van der Waals surface area contributed by atoms with Crippen molar-refractivity contribution in [3.05, 3.63) is 102 Å². The smallest absolute Gasteiger partial charge is 0.278 e. The van der Waals surface area contributed by atoms with E-state index in [1.165, 1.54) is 10.6 Å². The maximum Gasteiger partial charge on any atom is 0.278 e. The molecule has 0 spiro atoms. The van der Waals surface area contributed by atoms with Crippen LogP contribution in [0.4, 0.5) is 5.69 Å². The summed E-state index contributed by atoms with van der Waals surface area (Å²) >= 11 is 0. The predicted octanol–water partition coefficient (Wildman–Crippen LogP) is 2.69. The molecule has 0 radical (unpaired) electrons. The van der Waals surface area contributed by atoms with Gasteiger partial charge in [-0.2, -0.15) is 0 Å². The lowest BCUT2D eigenvalue weighted by atomic mass is 9.98. The number of amides is 1. The third-order valence-corrected chi connectivity index (χ3v) is 6.09. The molecule has 4 rings (SSSR count). The second-order valence-electron chi connectivity index (χ2n) is 7.97. The summed E-state index contributed by atoms with van der Waals surface area (Å²) in [5.41, 5.74) is 3.48. The zero-order valence-corrected chi connectivity index (χ0v) is 17.5. The van der Waals surface area contributed by atoms with Gasteiger partial charge >= 0.3 is 0 Å². The van der Waals surface area contributed by atoms with Crippen molar-refractivity contribution in [2.75, 3.05) is 31.1 Å². The molecular weight excluding hydrogens is 370 g/mol. The van der Waals surface area contributed by atoms with Crippen LogP contribution in [-0.2, 0) is 4.79 Å². The first kappa shape index (κ1) is 20.2. The average Bonchev–Trinajstić information content (AvgIpc) is 2.83. The van der Waals surface area contributed by atoms with E-state index in [9.17, 15) is 4.79 Å². The largest absolute Gasteiger partial charge is 0.360 e. The summed E-state index contributed by atoms with van der Waals surface area (Å²) in [7, 11) is 0. The minimum absolute atomic E-state index is 0.0853. The highest BCUT2D eigenvalue weighted by Crippen LogP contribution is 2.21. The van der Waals surface area contributed by atoms with Crippen molar-refractivity contribution in [2.45, 2.75) is 19.0 Å². The number of anilines is 1. The second kappa shape index (κ2) is 9.59. The molecule has 1 amide bonds. The van der Waals surface area contributed by atoms with E-state index in [1.807, 2.05) is 42.5 Å². The summed E-state index contributed by atoms with van der Waals surface area (Å²) in [6.45, 7) is 5.92. The van der Waals surface area contributed by atoms with Crippen molar-refractivity contribution in [1.82, 2.24) is 5.32 Å². The van der Waals surface area contributed by atoms with E-state index in [0.29, 0.717) is 0 Å². The topological polar surface area (TPSA) is 36.8 Å². The summed E-state index contributed by atoms with van der Waals surface area (Å²) in [6.07, 6.45) is 0. The Hall–Kier alpha value is -3.11. The molecule has 30 heavy (non-hydrogen) atoms. The monoisotopic (exact) mass is 400 g/mol. The van der Waals surface area contributed by atoms with Crippen LogP contribution in [0.25, 0.3) is 0 Å². The molecule has 4 nitrogen and oxygen atoms in total. The number of quaternary nitrogens is 1. The Kier molecular flexibility index (Phi) is 6.45. The second-order valence-corrected chi connectivity index (χ2v) is 7.97. The van der Waals surface area contributed by atoms with Crippen molar-refractivity contribution in [2.24, 2.45) is 0 Å². The molecule has 1 heterocycles. The van der Waals surface area contributed by atoms with Crippen LogP contribution < -0.4 is 15.1 Å². The van der Waals surface area contributed by atoms with Crippen LogP contribution in [0.5, 0.6) is 0 Å². The summed E-state index contributed by atoms with van der Waals surface area (Å²) in [4.78, 5) is 17.0. The van der Waals surface area contributed by atoms with Crippen LogP contribution in [-0.4, -0.2) is 38.1 Å². The van der Waals surface area contributed by atoms with Crippen molar-refractivity contribution in [3.8, 4) is 0 Å². The van der Waals surface area contributed by atoms with Gasteiger partial charge in [0.15, 0.2) is 6.04 Å². The Morgan fingerprint density at radius 1 is 0.800 bits per heavy atom. The van der Waals surface area contributed by atoms with Gasteiger partial charge in [-0.3, -0.25) is 4.79 Å². The Morgan fingerprint density at radius 3 is 1.77 bits per heavy atom. The van der Waals surface area contributed by atoms with Crippen LogP contribution in [0, 0.1) is 0 Å². The van der Waals surface area contributed by atoms with Crippen LogP contribution in [0.1, 0.15) is 24.1 Å². The molecule has 2 N–H and O–H groups in total. The highest BCUT2D eigenvalue weighted by Gasteiger charge is 2.30. The standard InChI is InChI=1S/C26H29N3O/c1-21(28-17-19-29(20-18-28)24-15-9-4-10-16-24)26(30)27-25(22-11-5-2-6-12-22)23-13-7-3-8-14-23/h2-16,21,25H,17-20H2,1H3,(H,27,30)/p+1/t21-/m0/s1. The Labute approximate surface area is 179 Å². The highest BCUT2D eigenvalue weighted by molar-refractivity contribution is 5.81. The first-order valence-corrected chi connectivity index (χ1v) is 10.8. The van der Waals surface area contributed by atoms with Gasteiger partial charge in [0.2, 0.25) is 0 Å². The molecule has 0 aliphatic carbocycles. The normalized spacial score (nSPS) is 15.7. The van der Waals surface area contributed by atoms with E-state index in [2.05, 4.69) is 65.7 Å². The van der Waals surface area contributed by atoms with E-state index in [0.717, 1.165) is 37.3 Å². The molecule has 0 aromatic heterocycles. The third-order valence-electron chi connectivity index (χ3n) is 6.09. The highest BCUT2D eigenvalue weighted by atomic mass is 16.2. The molecule has 3 aromatic carbocycles. The minimum atomic E-state index is -0.132. The van der Waals surface area contributed by atoms with Crippen LogP contribution in [0.2, 0.25) is 0 Å². The van der Waals surface area contributed by atoms with Gasteiger partial charge in [-0.25, -0.2) is 0 Å². The number of rotatable bonds is 6. The van der Waals surface area contributed by atoms with E-state index < -0.39 is 0 Å². The van der Waals surface area contributed by atoms with Gasteiger partial charge in [-0.15, -0.1) is 0 Å². The van der Waals surface area contributed by atoms with E-state index in [4.69, 9.17) is 0 Å². The number of para-hydroxylation sites is 1. The van der Waals surface area contributed by atoms with Gasteiger partial charge in [0, 0.05) is 5.69 Å². The molecule has 0 bridgehead atoms. The van der Waals surface area contributed by atoms with Gasteiger partial charge in [0.25, 0.3) is 5.91 Å². The van der Waals surface area contributed by atoms with Crippen molar-refractivity contribution < 1.29 is 9.69 Å². The SMILES string of the molecule is C[C@@H](C(=O)NC(c1ccccc1)c1ccccc1)[NH+]1CCN(c2ccccc2)CC1. The van der Waals surface area contributed by atoms with E-state index >= 15 is 0 Å². The molecule has 0 unspecified atom stereocenters. The number of benzene rings is 3. The summed E-state index contributed by atoms with van der Waals surface area (Å²) < 4.78 is 0. The van der Waals surface area contributed by atoms with E-state index in [1.54, 1.807) is 0 Å². The average molecular weight is 401 g/mol. The fraction of sp³-hybridized carbons (Fsp3) is 0.269. The molecule has 154 valence electrons. The van der Waals surface area contributed by atoms with Gasteiger partial charge in [0.05, 0.1) is 32.2 Å². The first-order chi connectivity index (χ1) is 14.7. The van der Waals surface area contributed by atoms with Crippen LogP contribution in [0.3, 0.4) is 0 Å². The molecule has 0 saturated carbocycles. The van der Waals surface area contributed by atoms with Gasteiger partial charge in [0.1, 0.15) is 0 Å².